The fourth-order valence-electron chi connectivity index (χ4n) is 2.35. The van der Waals surface area contributed by atoms with Gasteiger partial charge in [0.25, 0.3) is 5.91 Å². The van der Waals surface area contributed by atoms with Crippen molar-refractivity contribution in [2.75, 3.05) is 20.2 Å². The van der Waals surface area contributed by atoms with Gasteiger partial charge in [0.2, 0.25) is 0 Å². The van der Waals surface area contributed by atoms with Crippen molar-refractivity contribution in [3.05, 3.63) is 33.4 Å². The Morgan fingerprint density at radius 1 is 1.50 bits per heavy atom. The van der Waals surface area contributed by atoms with Crippen LogP contribution < -0.4 is 0 Å². The number of benzene rings is 1. The number of likely N-dealkylation sites (tertiary alicyclic amines) is 1. The molecule has 18 heavy (non-hydrogen) atoms. The maximum atomic E-state index is 12.4. The van der Waals surface area contributed by atoms with Crippen LogP contribution in [0.15, 0.2) is 24.3 Å². The Hall–Kier alpha value is -0.620. The molecule has 1 amide bonds. The van der Waals surface area contributed by atoms with Crippen molar-refractivity contribution in [3.8, 4) is 0 Å². The van der Waals surface area contributed by atoms with Crippen LogP contribution in [-0.4, -0.2) is 36.6 Å². The highest BCUT2D eigenvalue weighted by Gasteiger charge is 2.33. The minimum atomic E-state index is -0.199. The molecular formula is C14H18INO2. The lowest BCUT2D eigenvalue weighted by molar-refractivity contribution is -0.0440. The number of carbonyl (C=O) groups excluding carboxylic acids is 1. The van der Waals surface area contributed by atoms with Gasteiger partial charge in [0.1, 0.15) is 0 Å². The molecule has 0 spiro atoms. The molecule has 3 nitrogen and oxygen atoms in total. The van der Waals surface area contributed by atoms with Crippen molar-refractivity contribution in [1.29, 1.82) is 0 Å². The second-order valence-electron chi connectivity index (χ2n) is 4.99. The van der Waals surface area contributed by atoms with Crippen LogP contribution in [0.25, 0.3) is 0 Å². The van der Waals surface area contributed by atoms with E-state index in [2.05, 4.69) is 29.5 Å². The first-order chi connectivity index (χ1) is 8.54. The van der Waals surface area contributed by atoms with Gasteiger partial charge in [-0.15, -0.1) is 0 Å². The average molecular weight is 359 g/mol. The number of halogens is 1. The third kappa shape index (κ3) is 3.03. The van der Waals surface area contributed by atoms with Crippen LogP contribution in [0.1, 0.15) is 30.1 Å². The van der Waals surface area contributed by atoms with Gasteiger partial charge in [-0.25, -0.2) is 0 Å². The number of ether oxygens (including phenoxy) is 1. The molecule has 98 valence electrons. The van der Waals surface area contributed by atoms with E-state index in [-0.39, 0.29) is 11.5 Å². The zero-order valence-electron chi connectivity index (χ0n) is 10.8. The van der Waals surface area contributed by atoms with Gasteiger partial charge in [-0.3, -0.25) is 4.79 Å². The van der Waals surface area contributed by atoms with Crippen molar-refractivity contribution < 1.29 is 9.53 Å². The summed E-state index contributed by atoms with van der Waals surface area (Å²) < 4.78 is 6.61. The van der Waals surface area contributed by atoms with Gasteiger partial charge < -0.3 is 9.64 Å². The lowest BCUT2D eigenvalue weighted by Gasteiger charge is -2.39. The van der Waals surface area contributed by atoms with Crippen molar-refractivity contribution in [2.45, 2.75) is 25.4 Å². The molecule has 1 heterocycles. The Labute approximate surface area is 122 Å². The maximum Gasteiger partial charge on any atom is 0.253 e. The second kappa shape index (κ2) is 5.57. The van der Waals surface area contributed by atoms with Gasteiger partial charge in [-0.1, -0.05) is 6.07 Å². The summed E-state index contributed by atoms with van der Waals surface area (Å²) in [4.78, 5) is 14.3. The summed E-state index contributed by atoms with van der Waals surface area (Å²) in [6, 6.07) is 7.73. The highest BCUT2D eigenvalue weighted by Crippen LogP contribution is 2.25. The topological polar surface area (TPSA) is 29.5 Å². The largest absolute Gasteiger partial charge is 0.377 e. The Balaban J connectivity index is 2.14. The molecule has 0 N–H and O–H groups in total. The van der Waals surface area contributed by atoms with Crippen LogP contribution in [0, 0.1) is 3.57 Å². The predicted molar refractivity (Wildman–Crippen MR) is 79.7 cm³/mol. The van der Waals surface area contributed by atoms with E-state index < -0.39 is 0 Å². The van der Waals surface area contributed by atoms with Crippen LogP contribution in [0.2, 0.25) is 0 Å². The fraction of sp³-hybridized carbons (Fsp3) is 0.500. The Kier molecular flexibility index (Phi) is 4.27. The van der Waals surface area contributed by atoms with E-state index in [0.717, 1.165) is 28.5 Å². The maximum absolute atomic E-state index is 12.4. The first kappa shape index (κ1) is 13.8. The number of methoxy groups -OCH3 is 1. The minimum absolute atomic E-state index is 0.108. The summed E-state index contributed by atoms with van der Waals surface area (Å²) in [5.41, 5.74) is 0.567. The molecule has 0 saturated carbocycles. The second-order valence-corrected chi connectivity index (χ2v) is 6.24. The van der Waals surface area contributed by atoms with Crippen molar-refractivity contribution in [2.24, 2.45) is 0 Å². The number of carbonyl (C=O) groups is 1. The van der Waals surface area contributed by atoms with Gasteiger partial charge in [0.05, 0.1) is 5.60 Å². The quantitative estimate of drug-likeness (QED) is 0.760. The van der Waals surface area contributed by atoms with Crippen molar-refractivity contribution >= 4 is 28.5 Å². The molecule has 1 aromatic carbocycles. The molecule has 1 saturated heterocycles. The molecule has 0 aromatic heterocycles. The molecule has 2 rings (SSSR count). The van der Waals surface area contributed by atoms with Crippen molar-refractivity contribution in [3.63, 3.8) is 0 Å². The molecule has 1 atom stereocenters. The summed E-state index contributed by atoms with van der Waals surface area (Å²) in [5.74, 6) is 0.108. The lowest BCUT2D eigenvalue weighted by atomic mass is 9.94. The highest BCUT2D eigenvalue weighted by molar-refractivity contribution is 14.1. The summed E-state index contributed by atoms with van der Waals surface area (Å²) in [7, 11) is 1.72. The van der Waals surface area contributed by atoms with Crippen LogP contribution in [-0.2, 0) is 4.74 Å². The first-order valence-corrected chi connectivity index (χ1v) is 7.22. The standard InChI is InChI=1S/C14H18INO2/c1-14(18-2)7-4-8-16(10-14)13(17)11-5-3-6-12(15)9-11/h3,5-6,9H,4,7-8,10H2,1-2H3. The molecule has 1 aromatic rings. The molecule has 1 fully saturated rings. The van der Waals surface area contributed by atoms with E-state index in [1.165, 1.54) is 0 Å². The van der Waals surface area contributed by atoms with Gasteiger partial charge in [-0.05, 0) is 60.6 Å². The monoisotopic (exact) mass is 359 g/mol. The average Bonchev–Trinajstić information content (AvgIpc) is 2.38. The summed E-state index contributed by atoms with van der Waals surface area (Å²) in [5, 5.41) is 0. The van der Waals surface area contributed by atoms with Gasteiger partial charge in [0.15, 0.2) is 0 Å². The summed E-state index contributed by atoms with van der Waals surface area (Å²) in [6.07, 6.45) is 2.01. The van der Waals surface area contributed by atoms with Crippen LogP contribution in [0.4, 0.5) is 0 Å². The van der Waals surface area contributed by atoms with E-state index in [1.807, 2.05) is 29.2 Å². The number of hydrogen-bond acceptors (Lipinski definition) is 2. The Bertz CT molecular complexity index is 449. The zero-order chi connectivity index (χ0) is 13.2. The highest BCUT2D eigenvalue weighted by atomic mass is 127. The van der Waals surface area contributed by atoms with Gasteiger partial charge in [0, 0.05) is 29.3 Å². The van der Waals surface area contributed by atoms with Crippen LogP contribution in [0.5, 0.6) is 0 Å². The first-order valence-electron chi connectivity index (χ1n) is 6.14. The zero-order valence-corrected chi connectivity index (χ0v) is 12.9. The van der Waals surface area contributed by atoms with Gasteiger partial charge >= 0.3 is 0 Å². The van der Waals surface area contributed by atoms with Gasteiger partial charge in [-0.2, -0.15) is 0 Å². The minimum Gasteiger partial charge on any atom is -0.377 e. The van der Waals surface area contributed by atoms with E-state index in [4.69, 9.17) is 4.74 Å². The lowest BCUT2D eigenvalue weighted by Crippen LogP contribution is -2.49. The third-order valence-electron chi connectivity index (χ3n) is 3.51. The normalized spacial score (nSPS) is 24.1. The van der Waals surface area contributed by atoms with Crippen LogP contribution >= 0.6 is 22.6 Å². The van der Waals surface area contributed by atoms with E-state index >= 15 is 0 Å². The number of piperidine rings is 1. The van der Waals surface area contributed by atoms with E-state index in [1.54, 1.807) is 7.11 Å². The number of nitrogens with zero attached hydrogens (tertiary/aromatic N) is 1. The van der Waals surface area contributed by atoms with Crippen LogP contribution in [0.3, 0.4) is 0 Å². The summed E-state index contributed by atoms with van der Waals surface area (Å²) in [6.45, 7) is 3.57. The smallest absolute Gasteiger partial charge is 0.253 e. The molecule has 0 aliphatic carbocycles. The third-order valence-corrected chi connectivity index (χ3v) is 4.18. The molecule has 4 heteroatoms. The molecule has 1 aliphatic heterocycles. The molecule has 0 radical (unpaired) electrons. The molecule has 1 aliphatic rings. The number of rotatable bonds is 2. The number of amides is 1. The fourth-order valence-corrected chi connectivity index (χ4v) is 2.89. The number of hydrogen-bond donors (Lipinski definition) is 0. The van der Waals surface area contributed by atoms with Crippen molar-refractivity contribution in [1.82, 2.24) is 4.90 Å². The molecule has 0 bridgehead atoms. The van der Waals surface area contributed by atoms with E-state index in [9.17, 15) is 4.79 Å². The predicted octanol–water partition coefficient (Wildman–Crippen LogP) is 2.93. The SMILES string of the molecule is COC1(C)CCCN(C(=O)c2cccc(I)c2)C1. The molecular weight excluding hydrogens is 341 g/mol. The Morgan fingerprint density at radius 2 is 2.28 bits per heavy atom. The van der Waals surface area contributed by atoms with E-state index in [0.29, 0.717) is 6.54 Å². The Morgan fingerprint density at radius 3 is 2.94 bits per heavy atom. The molecule has 1 unspecified atom stereocenters. The summed E-state index contributed by atoms with van der Waals surface area (Å²) >= 11 is 2.23.